The molecule has 0 aliphatic heterocycles. The van der Waals surface area contributed by atoms with E-state index < -0.39 is 47.9 Å². The van der Waals surface area contributed by atoms with E-state index in [0.717, 1.165) is 5.56 Å². The summed E-state index contributed by atoms with van der Waals surface area (Å²) in [5.41, 5.74) is 11.8. The van der Waals surface area contributed by atoms with Gasteiger partial charge in [-0.05, 0) is 38.3 Å². The van der Waals surface area contributed by atoms with Crippen LogP contribution < -0.4 is 27.4 Å². The van der Waals surface area contributed by atoms with Crippen LogP contribution in [-0.4, -0.2) is 65.3 Å². The monoisotopic (exact) mass is 467 g/mol. The summed E-state index contributed by atoms with van der Waals surface area (Å²) in [6, 6.07) is 4.91. The molecule has 0 fully saturated rings. The molecule has 0 aliphatic rings. The van der Waals surface area contributed by atoms with Gasteiger partial charge in [0.1, 0.15) is 18.1 Å². The van der Waals surface area contributed by atoms with Crippen LogP contribution in [0.1, 0.15) is 31.7 Å². The number of nitrogens with one attached hydrogen (secondary N) is 3. The number of nitrogens with two attached hydrogens (primary N) is 2. The summed E-state index contributed by atoms with van der Waals surface area (Å²) in [6.45, 7) is 1.89. The van der Waals surface area contributed by atoms with Gasteiger partial charge < -0.3 is 32.5 Å². The molecule has 0 aliphatic carbocycles. The molecule has 0 radical (unpaired) electrons. The lowest BCUT2D eigenvalue weighted by molar-refractivity contribution is -0.142. The van der Waals surface area contributed by atoms with Gasteiger partial charge in [-0.15, -0.1) is 0 Å². The maximum Gasteiger partial charge on any atom is 0.326 e. The highest BCUT2D eigenvalue weighted by Crippen LogP contribution is 2.07. The quantitative estimate of drug-likeness (QED) is 0.138. The van der Waals surface area contributed by atoms with E-state index >= 15 is 0 Å². The number of hydrogen-bond donors (Lipinski definition) is 7. The molecule has 3 amide bonds. The van der Waals surface area contributed by atoms with Crippen LogP contribution in [-0.2, 0) is 25.6 Å². The van der Waals surface area contributed by atoms with E-state index in [-0.39, 0.29) is 18.6 Å². The van der Waals surface area contributed by atoms with E-state index in [9.17, 15) is 24.3 Å². The third-order valence-corrected chi connectivity index (χ3v) is 5.07. The number of unbranched alkanes of at least 4 members (excludes halogenated alkanes) is 1. The highest BCUT2D eigenvalue weighted by atomic mass is 32.1. The number of benzene rings is 1. The number of carbonyl (C=O) groups is 4. The maximum absolute atomic E-state index is 12.9. The minimum atomic E-state index is -1.19. The molecule has 0 saturated heterocycles. The number of carboxylic acid groups (broad SMARTS) is 1. The van der Waals surface area contributed by atoms with Crippen molar-refractivity contribution in [2.24, 2.45) is 11.5 Å². The van der Waals surface area contributed by atoms with Crippen molar-refractivity contribution in [3.8, 4) is 0 Å². The van der Waals surface area contributed by atoms with E-state index in [0.29, 0.717) is 19.4 Å². The second-order valence-corrected chi connectivity index (χ2v) is 7.83. The van der Waals surface area contributed by atoms with E-state index in [2.05, 4.69) is 28.6 Å². The van der Waals surface area contributed by atoms with Crippen LogP contribution in [0.5, 0.6) is 0 Å². The molecular weight excluding hydrogens is 434 g/mol. The van der Waals surface area contributed by atoms with E-state index in [4.69, 9.17) is 11.5 Å². The van der Waals surface area contributed by atoms with Crippen molar-refractivity contribution in [3.05, 3.63) is 35.9 Å². The largest absolute Gasteiger partial charge is 0.480 e. The van der Waals surface area contributed by atoms with Crippen LogP contribution in [0.25, 0.3) is 0 Å². The van der Waals surface area contributed by atoms with E-state index in [1.54, 1.807) is 24.3 Å². The highest BCUT2D eigenvalue weighted by Gasteiger charge is 2.29. The lowest BCUT2D eigenvalue weighted by Crippen LogP contribution is -2.57. The zero-order valence-corrected chi connectivity index (χ0v) is 19.0. The molecule has 0 spiro atoms. The average Bonchev–Trinajstić information content (AvgIpc) is 2.76. The Balaban J connectivity index is 2.90. The number of thiol groups is 1. The summed E-state index contributed by atoms with van der Waals surface area (Å²) in [7, 11) is 0. The number of carbonyl (C=O) groups excluding carboxylic acids is 3. The predicted octanol–water partition coefficient (Wildman–Crippen LogP) is -0.826. The van der Waals surface area contributed by atoms with Gasteiger partial charge in [0, 0.05) is 12.2 Å². The number of aliphatic carboxylic acids is 1. The predicted molar refractivity (Wildman–Crippen MR) is 124 cm³/mol. The summed E-state index contributed by atoms with van der Waals surface area (Å²) in [5, 5.41) is 17.1. The van der Waals surface area contributed by atoms with Crippen molar-refractivity contribution < 1.29 is 24.3 Å². The molecule has 8 N–H and O–H groups in total. The standard InChI is InChI=1S/C21H33N5O5S/c1-13(23)18(27)26-17(12-32)20(29)24-15(9-5-6-10-22)19(28)25-16(21(30)31)11-14-7-3-2-4-8-14/h2-4,7-8,13,15-17,32H,5-6,9-12,22-23H2,1H3,(H,24,29)(H,25,28)(H,26,27)(H,30,31). The van der Waals surface area contributed by atoms with Gasteiger partial charge in [0.15, 0.2) is 0 Å². The van der Waals surface area contributed by atoms with Gasteiger partial charge in [-0.2, -0.15) is 12.6 Å². The van der Waals surface area contributed by atoms with Crippen molar-refractivity contribution >= 4 is 36.3 Å². The Hall–Kier alpha value is -2.63. The van der Waals surface area contributed by atoms with Gasteiger partial charge in [0.2, 0.25) is 17.7 Å². The topological polar surface area (TPSA) is 177 Å². The van der Waals surface area contributed by atoms with Gasteiger partial charge in [-0.25, -0.2) is 4.79 Å². The fraction of sp³-hybridized carbons (Fsp3) is 0.524. The van der Waals surface area contributed by atoms with Crippen LogP contribution in [0.15, 0.2) is 30.3 Å². The molecule has 10 nitrogen and oxygen atoms in total. The number of carboxylic acids is 1. The maximum atomic E-state index is 12.9. The SMILES string of the molecule is CC(N)C(=O)NC(CS)C(=O)NC(CCCCN)C(=O)NC(Cc1ccccc1)C(=O)O. The Morgan fingerprint density at radius 1 is 0.938 bits per heavy atom. The van der Waals surface area contributed by atoms with Crippen molar-refractivity contribution in [2.75, 3.05) is 12.3 Å². The van der Waals surface area contributed by atoms with Crippen molar-refractivity contribution in [2.45, 2.75) is 56.8 Å². The van der Waals surface area contributed by atoms with Gasteiger partial charge in [-0.3, -0.25) is 14.4 Å². The Bertz CT molecular complexity index is 762. The number of rotatable bonds is 14. The molecule has 11 heteroatoms. The lowest BCUT2D eigenvalue weighted by Gasteiger charge is -2.24. The zero-order chi connectivity index (χ0) is 24.1. The minimum Gasteiger partial charge on any atom is -0.480 e. The molecule has 0 heterocycles. The number of amides is 3. The summed E-state index contributed by atoms with van der Waals surface area (Å²) in [6.07, 6.45) is 1.52. The Morgan fingerprint density at radius 2 is 1.50 bits per heavy atom. The van der Waals surface area contributed by atoms with Crippen LogP contribution >= 0.6 is 12.6 Å². The molecule has 178 valence electrons. The first-order valence-electron chi connectivity index (χ1n) is 10.4. The molecule has 0 bridgehead atoms. The molecule has 4 atom stereocenters. The first kappa shape index (κ1) is 27.4. The molecule has 0 saturated carbocycles. The second-order valence-electron chi connectivity index (χ2n) is 7.47. The first-order valence-corrected chi connectivity index (χ1v) is 11.1. The second kappa shape index (κ2) is 14.4. The lowest BCUT2D eigenvalue weighted by atomic mass is 10.0. The van der Waals surface area contributed by atoms with Gasteiger partial charge in [0.25, 0.3) is 0 Å². The summed E-state index contributed by atoms with van der Waals surface area (Å²) >= 11 is 4.08. The van der Waals surface area contributed by atoms with Gasteiger partial charge in [0.05, 0.1) is 6.04 Å². The molecule has 4 unspecified atom stereocenters. The first-order chi connectivity index (χ1) is 15.2. The van der Waals surface area contributed by atoms with Gasteiger partial charge >= 0.3 is 5.97 Å². The van der Waals surface area contributed by atoms with Crippen LogP contribution in [0, 0.1) is 0 Å². The fourth-order valence-corrected chi connectivity index (χ4v) is 3.11. The average molecular weight is 468 g/mol. The normalized spacial score (nSPS) is 14.5. The molecule has 1 aromatic rings. The smallest absolute Gasteiger partial charge is 0.326 e. The van der Waals surface area contributed by atoms with Crippen molar-refractivity contribution in [1.29, 1.82) is 0 Å². The summed E-state index contributed by atoms with van der Waals surface area (Å²) in [4.78, 5) is 49.1. The van der Waals surface area contributed by atoms with Crippen LogP contribution in [0.2, 0.25) is 0 Å². The van der Waals surface area contributed by atoms with Crippen LogP contribution in [0.4, 0.5) is 0 Å². The molecule has 32 heavy (non-hydrogen) atoms. The Labute approximate surface area is 193 Å². The Kier molecular flexibility index (Phi) is 12.4. The van der Waals surface area contributed by atoms with Crippen molar-refractivity contribution in [3.63, 3.8) is 0 Å². The molecule has 1 aromatic carbocycles. The third-order valence-electron chi connectivity index (χ3n) is 4.71. The fourth-order valence-electron chi connectivity index (χ4n) is 2.85. The summed E-state index contributed by atoms with van der Waals surface area (Å²) < 4.78 is 0. The zero-order valence-electron chi connectivity index (χ0n) is 18.1. The number of hydrogen-bond acceptors (Lipinski definition) is 7. The minimum absolute atomic E-state index is 0.00676. The highest BCUT2D eigenvalue weighted by molar-refractivity contribution is 7.80. The molecule has 1 rings (SSSR count). The Morgan fingerprint density at radius 3 is 2.03 bits per heavy atom. The van der Waals surface area contributed by atoms with Crippen molar-refractivity contribution in [1.82, 2.24) is 16.0 Å². The molecule has 0 aromatic heterocycles. The van der Waals surface area contributed by atoms with E-state index in [1.165, 1.54) is 6.92 Å². The summed E-state index contributed by atoms with van der Waals surface area (Å²) in [5.74, 6) is -2.97. The molecular formula is C21H33N5O5S. The van der Waals surface area contributed by atoms with Crippen LogP contribution in [0.3, 0.4) is 0 Å². The third kappa shape index (κ3) is 9.67. The van der Waals surface area contributed by atoms with Gasteiger partial charge in [-0.1, -0.05) is 30.3 Å². The van der Waals surface area contributed by atoms with E-state index in [1.807, 2.05) is 6.07 Å².